The van der Waals surface area contributed by atoms with E-state index < -0.39 is 0 Å². The first-order valence-electron chi connectivity index (χ1n) is 5.49. The first kappa shape index (κ1) is 9.81. The average Bonchev–Trinajstić information content (AvgIpc) is 2.47. The second-order valence-corrected chi connectivity index (χ2v) is 5.21. The van der Waals surface area contributed by atoms with Gasteiger partial charge in [0, 0.05) is 30.6 Å². The molecule has 1 atom stereocenters. The number of hydrogen-bond donors (Lipinski definition) is 1. The molecule has 2 heterocycles. The molecule has 0 amide bonds. The highest BCUT2D eigenvalue weighted by atomic mass is 32.2. The van der Waals surface area contributed by atoms with Crippen molar-refractivity contribution in [3.63, 3.8) is 0 Å². The third-order valence-electron chi connectivity index (χ3n) is 3.11. The fraction of sp³-hybridized carbons (Fsp3) is 1.00. The molecule has 76 valence electrons. The molecule has 2 saturated heterocycles. The van der Waals surface area contributed by atoms with Crippen molar-refractivity contribution in [2.24, 2.45) is 0 Å². The standard InChI is InChI=1S/C10H20N2S/c1-2-10(3-5-11-4-1)12-6-8-13-9-7-12/h10-11H,1-9H2. The summed E-state index contributed by atoms with van der Waals surface area (Å²) in [6, 6.07) is 0.885. The van der Waals surface area contributed by atoms with E-state index >= 15 is 0 Å². The minimum absolute atomic E-state index is 0.885. The van der Waals surface area contributed by atoms with Crippen LogP contribution in [0.3, 0.4) is 0 Å². The summed E-state index contributed by atoms with van der Waals surface area (Å²) >= 11 is 2.11. The first-order chi connectivity index (χ1) is 6.47. The molecule has 0 aromatic rings. The molecule has 0 aromatic carbocycles. The van der Waals surface area contributed by atoms with E-state index in [9.17, 15) is 0 Å². The first-order valence-corrected chi connectivity index (χ1v) is 6.65. The average molecular weight is 200 g/mol. The molecule has 0 radical (unpaired) electrons. The summed E-state index contributed by atoms with van der Waals surface area (Å²) in [5, 5.41) is 3.48. The van der Waals surface area contributed by atoms with Crippen molar-refractivity contribution in [1.82, 2.24) is 10.2 Å². The van der Waals surface area contributed by atoms with E-state index in [1.54, 1.807) is 0 Å². The van der Waals surface area contributed by atoms with Crippen LogP contribution in [0, 0.1) is 0 Å². The zero-order valence-corrected chi connectivity index (χ0v) is 9.11. The van der Waals surface area contributed by atoms with Gasteiger partial charge in [0.15, 0.2) is 0 Å². The molecule has 3 heteroatoms. The lowest BCUT2D eigenvalue weighted by Crippen LogP contribution is -2.41. The van der Waals surface area contributed by atoms with E-state index in [-0.39, 0.29) is 0 Å². The molecular weight excluding hydrogens is 180 g/mol. The van der Waals surface area contributed by atoms with Gasteiger partial charge >= 0.3 is 0 Å². The van der Waals surface area contributed by atoms with Gasteiger partial charge in [0.2, 0.25) is 0 Å². The lowest BCUT2D eigenvalue weighted by molar-refractivity contribution is 0.200. The van der Waals surface area contributed by atoms with Crippen molar-refractivity contribution in [2.45, 2.75) is 25.3 Å². The monoisotopic (exact) mass is 200 g/mol. The number of thioether (sulfide) groups is 1. The van der Waals surface area contributed by atoms with Crippen molar-refractivity contribution in [3.05, 3.63) is 0 Å². The number of rotatable bonds is 1. The second kappa shape index (κ2) is 5.23. The van der Waals surface area contributed by atoms with Crippen LogP contribution in [0.5, 0.6) is 0 Å². The Labute approximate surface area is 85.4 Å². The van der Waals surface area contributed by atoms with Gasteiger partial charge < -0.3 is 5.32 Å². The molecule has 1 N–H and O–H groups in total. The van der Waals surface area contributed by atoms with E-state index in [0.717, 1.165) is 6.04 Å². The lowest BCUT2D eigenvalue weighted by atomic mass is 10.1. The third kappa shape index (κ3) is 2.86. The highest BCUT2D eigenvalue weighted by Crippen LogP contribution is 2.18. The minimum Gasteiger partial charge on any atom is -0.317 e. The summed E-state index contributed by atoms with van der Waals surface area (Å²) in [7, 11) is 0. The van der Waals surface area contributed by atoms with E-state index in [1.165, 1.54) is 56.9 Å². The van der Waals surface area contributed by atoms with Crippen molar-refractivity contribution in [2.75, 3.05) is 37.7 Å². The Morgan fingerprint density at radius 1 is 1.08 bits per heavy atom. The van der Waals surface area contributed by atoms with Crippen molar-refractivity contribution >= 4 is 11.8 Å². The van der Waals surface area contributed by atoms with Crippen LogP contribution < -0.4 is 5.32 Å². The fourth-order valence-corrected chi connectivity index (χ4v) is 3.24. The third-order valence-corrected chi connectivity index (χ3v) is 4.05. The minimum atomic E-state index is 0.885. The lowest BCUT2D eigenvalue weighted by Gasteiger charge is -2.33. The molecule has 1 unspecified atom stereocenters. The second-order valence-electron chi connectivity index (χ2n) is 3.98. The van der Waals surface area contributed by atoms with Crippen LogP contribution in [0.1, 0.15) is 19.3 Å². The van der Waals surface area contributed by atoms with E-state index in [4.69, 9.17) is 0 Å². The zero-order chi connectivity index (χ0) is 8.93. The Balaban J connectivity index is 1.82. The van der Waals surface area contributed by atoms with Crippen LogP contribution >= 0.6 is 11.8 Å². The zero-order valence-electron chi connectivity index (χ0n) is 8.30. The van der Waals surface area contributed by atoms with Gasteiger partial charge in [-0.05, 0) is 32.4 Å². The Bertz CT molecular complexity index is 138. The summed E-state index contributed by atoms with van der Waals surface area (Å²) in [5.41, 5.74) is 0. The summed E-state index contributed by atoms with van der Waals surface area (Å²) in [5.74, 6) is 2.70. The maximum atomic E-state index is 3.48. The molecule has 2 rings (SSSR count). The summed E-state index contributed by atoms with van der Waals surface area (Å²) in [4.78, 5) is 2.71. The van der Waals surface area contributed by atoms with Crippen LogP contribution in [0.4, 0.5) is 0 Å². The maximum Gasteiger partial charge on any atom is 0.0108 e. The molecule has 0 bridgehead atoms. The maximum absolute atomic E-state index is 3.48. The van der Waals surface area contributed by atoms with E-state index in [2.05, 4.69) is 22.0 Å². The Hall–Kier alpha value is 0.270. The summed E-state index contributed by atoms with van der Waals surface area (Å²) < 4.78 is 0. The number of nitrogens with zero attached hydrogens (tertiary/aromatic N) is 1. The van der Waals surface area contributed by atoms with E-state index in [0.29, 0.717) is 0 Å². The SMILES string of the molecule is C1CNCCC(N2CCSCC2)C1. The molecule has 0 aliphatic carbocycles. The molecular formula is C10H20N2S. The van der Waals surface area contributed by atoms with Gasteiger partial charge in [-0.3, -0.25) is 4.90 Å². The topological polar surface area (TPSA) is 15.3 Å². The quantitative estimate of drug-likeness (QED) is 0.684. The molecule has 2 aliphatic heterocycles. The van der Waals surface area contributed by atoms with Gasteiger partial charge in [-0.1, -0.05) is 0 Å². The molecule has 2 nitrogen and oxygen atoms in total. The fourth-order valence-electron chi connectivity index (χ4n) is 2.31. The van der Waals surface area contributed by atoms with Gasteiger partial charge in [-0.2, -0.15) is 11.8 Å². The van der Waals surface area contributed by atoms with Crippen LogP contribution in [0.2, 0.25) is 0 Å². The largest absolute Gasteiger partial charge is 0.317 e. The van der Waals surface area contributed by atoms with E-state index in [1.807, 2.05) is 0 Å². The van der Waals surface area contributed by atoms with Gasteiger partial charge in [-0.25, -0.2) is 0 Å². The van der Waals surface area contributed by atoms with Crippen LogP contribution in [0.25, 0.3) is 0 Å². The van der Waals surface area contributed by atoms with Crippen LogP contribution in [-0.2, 0) is 0 Å². The normalized spacial score (nSPS) is 32.8. The van der Waals surface area contributed by atoms with Gasteiger partial charge in [0.05, 0.1) is 0 Å². The van der Waals surface area contributed by atoms with Crippen molar-refractivity contribution in [3.8, 4) is 0 Å². The predicted molar refractivity (Wildman–Crippen MR) is 59.4 cm³/mol. The smallest absolute Gasteiger partial charge is 0.0108 e. The highest BCUT2D eigenvalue weighted by molar-refractivity contribution is 7.99. The van der Waals surface area contributed by atoms with Crippen LogP contribution in [-0.4, -0.2) is 48.6 Å². The van der Waals surface area contributed by atoms with Gasteiger partial charge in [0.25, 0.3) is 0 Å². The molecule has 0 spiro atoms. The Morgan fingerprint density at radius 3 is 2.77 bits per heavy atom. The van der Waals surface area contributed by atoms with Crippen molar-refractivity contribution < 1.29 is 0 Å². The predicted octanol–water partition coefficient (Wildman–Crippen LogP) is 1.18. The van der Waals surface area contributed by atoms with Gasteiger partial charge in [0.1, 0.15) is 0 Å². The van der Waals surface area contributed by atoms with Crippen molar-refractivity contribution in [1.29, 1.82) is 0 Å². The Kier molecular flexibility index (Phi) is 3.94. The van der Waals surface area contributed by atoms with Gasteiger partial charge in [-0.15, -0.1) is 0 Å². The molecule has 0 aromatic heterocycles. The summed E-state index contributed by atoms with van der Waals surface area (Å²) in [6.07, 6.45) is 4.15. The highest BCUT2D eigenvalue weighted by Gasteiger charge is 2.21. The molecule has 2 aliphatic rings. The molecule has 0 saturated carbocycles. The number of hydrogen-bond acceptors (Lipinski definition) is 3. The molecule has 2 fully saturated rings. The number of nitrogens with one attached hydrogen (secondary N) is 1. The summed E-state index contributed by atoms with van der Waals surface area (Å²) in [6.45, 7) is 5.12. The Morgan fingerprint density at radius 2 is 1.92 bits per heavy atom. The van der Waals surface area contributed by atoms with Crippen LogP contribution in [0.15, 0.2) is 0 Å². The molecule has 13 heavy (non-hydrogen) atoms.